The topological polar surface area (TPSA) is 105 Å². The lowest BCUT2D eigenvalue weighted by Crippen LogP contribution is -2.53. The summed E-state index contributed by atoms with van der Waals surface area (Å²) >= 11 is 0. The molecule has 0 atom stereocenters. The molecule has 0 aliphatic carbocycles. The van der Waals surface area contributed by atoms with Gasteiger partial charge in [-0.1, -0.05) is 0 Å². The Kier molecular flexibility index (Phi) is 2.44. The van der Waals surface area contributed by atoms with Crippen molar-refractivity contribution in [2.24, 2.45) is 5.73 Å². The van der Waals surface area contributed by atoms with E-state index in [2.05, 4.69) is 15.9 Å². The molecule has 4 N–H and O–H groups in total. The summed E-state index contributed by atoms with van der Waals surface area (Å²) in [5.74, 6) is -0.609. The van der Waals surface area contributed by atoms with Gasteiger partial charge < -0.3 is 5.73 Å². The quantitative estimate of drug-likeness (QED) is 0.619. The molecule has 1 aromatic heterocycles. The van der Waals surface area contributed by atoms with Gasteiger partial charge in [-0.3, -0.25) is 10.2 Å². The number of anilines is 1. The van der Waals surface area contributed by atoms with Crippen molar-refractivity contribution in [1.29, 1.82) is 0 Å². The second kappa shape index (κ2) is 3.77. The summed E-state index contributed by atoms with van der Waals surface area (Å²) in [6.45, 7) is -0.803. The Morgan fingerprint density at radius 1 is 1.62 bits per heavy atom. The second-order valence-electron chi connectivity index (χ2n) is 3.04. The maximum Gasteiger partial charge on any atom is 0.346 e. The molecule has 2 rings (SSSR count). The smallest absolute Gasteiger partial charge is 0.346 e. The van der Waals surface area contributed by atoms with Crippen molar-refractivity contribution in [3.05, 3.63) is 12.0 Å². The van der Waals surface area contributed by atoms with Crippen LogP contribution in [0, 0.1) is 0 Å². The average Bonchev–Trinajstić information content (AvgIpc) is 2.67. The Morgan fingerprint density at radius 3 is 3.00 bits per heavy atom. The minimum atomic E-state index is -0.755. The van der Waals surface area contributed by atoms with Gasteiger partial charge in [0.05, 0.1) is 6.54 Å². The van der Waals surface area contributed by atoms with E-state index in [-0.39, 0.29) is 18.1 Å². The molecular weight excluding hydrogens is 219 g/mol. The molecule has 0 unspecified atom stereocenters. The number of nitrogens with zero attached hydrogens (tertiary/aromatic N) is 3. The Morgan fingerprint density at radius 2 is 2.38 bits per heavy atom. The summed E-state index contributed by atoms with van der Waals surface area (Å²) in [5, 5.41) is 1.01. The highest BCUT2D eigenvalue weighted by Crippen LogP contribution is 2.16. The van der Waals surface area contributed by atoms with Crippen molar-refractivity contribution in [1.82, 2.24) is 20.1 Å². The lowest BCUT2D eigenvalue weighted by atomic mass is 10.4. The van der Waals surface area contributed by atoms with E-state index >= 15 is 0 Å². The fraction of sp³-hybridized carbons (Fsp3) is 0.286. The van der Waals surface area contributed by atoms with Crippen LogP contribution in [0.1, 0.15) is 10.5 Å². The third kappa shape index (κ3) is 1.46. The van der Waals surface area contributed by atoms with Gasteiger partial charge in [-0.2, -0.15) is 0 Å². The average molecular weight is 228 g/mol. The molecular formula is C7H9FN6O2. The van der Waals surface area contributed by atoms with Crippen LogP contribution in [0.2, 0.25) is 0 Å². The first-order valence-electron chi connectivity index (χ1n) is 4.41. The van der Waals surface area contributed by atoms with Crippen LogP contribution >= 0.6 is 0 Å². The van der Waals surface area contributed by atoms with Gasteiger partial charge in [0.2, 0.25) is 0 Å². The number of fused-ring (bicyclic) bond motifs is 1. The van der Waals surface area contributed by atoms with Crippen molar-refractivity contribution in [2.75, 3.05) is 18.6 Å². The molecule has 0 saturated carbocycles. The van der Waals surface area contributed by atoms with E-state index in [1.54, 1.807) is 0 Å². The number of carbonyl (C=O) groups is 2. The minimum Gasteiger partial charge on any atom is -0.364 e. The number of hydrogen-bond donors (Lipinski definition) is 3. The first-order chi connectivity index (χ1) is 7.65. The molecule has 0 spiro atoms. The maximum atomic E-state index is 12.1. The van der Waals surface area contributed by atoms with E-state index < -0.39 is 18.6 Å². The Hall–Kier alpha value is -2.16. The van der Waals surface area contributed by atoms with Crippen LogP contribution in [0.5, 0.6) is 0 Å². The van der Waals surface area contributed by atoms with Crippen LogP contribution in [0.3, 0.4) is 0 Å². The first kappa shape index (κ1) is 10.4. The summed E-state index contributed by atoms with van der Waals surface area (Å²) in [5.41, 5.74) is 9.98. The van der Waals surface area contributed by atoms with Crippen LogP contribution < -0.4 is 16.7 Å². The van der Waals surface area contributed by atoms with Crippen LogP contribution in [0.15, 0.2) is 6.33 Å². The number of halogens is 1. The van der Waals surface area contributed by atoms with Crippen molar-refractivity contribution in [3.8, 4) is 0 Å². The molecule has 1 aliphatic heterocycles. The molecule has 9 heteroatoms. The second-order valence-corrected chi connectivity index (χ2v) is 3.04. The molecule has 2 heterocycles. The van der Waals surface area contributed by atoms with Gasteiger partial charge >= 0.3 is 6.03 Å². The van der Waals surface area contributed by atoms with Crippen molar-refractivity contribution in [3.63, 3.8) is 0 Å². The van der Waals surface area contributed by atoms with E-state index in [4.69, 9.17) is 5.73 Å². The molecule has 0 aromatic carbocycles. The van der Waals surface area contributed by atoms with Crippen LogP contribution in [0.25, 0.3) is 0 Å². The van der Waals surface area contributed by atoms with E-state index in [0.29, 0.717) is 0 Å². The molecule has 2 amide bonds. The summed E-state index contributed by atoms with van der Waals surface area (Å²) < 4.78 is 13.2. The fourth-order valence-corrected chi connectivity index (χ4v) is 1.33. The molecule has 0 bridgehead atoms. The standard InChI is InChI=1S/C7H9FN6O2/c8-1-2-14-7(16)13-3-10-4(5(9)15)6(13)11-12-14/h3,11-12H,1-2H2,(H2,9,15). The number of hydrazine groups is 2. The van der Waals surface area contributed by atoms with Gasteiger partial charge in [0.15, 0.2) is 11.5 Å². The number of aromatic nitrogens is 2. The monoisotopic (exact) mass is 228 g/mol. The number of carbonyl (C=O) groups excluding carboxylic acids is 2. The summed E-state index contributed by atoms with van der Waals surface area (Å²) in [6.07, 6.45) is 1.15. The van der Waals surface area contributed by atoms with E-state index in [1.807, 2.05) is 0 Å². The number of primary amides is 1. The number of alkyl halides is 1. The fourth-order valence-electron chi connectivity index (χ4n) is 1.33. The number of amides is 2. The Labute approximate surface area is 89.2 Å². The molecule has 1 aliphatic rings. The van der Waals surface area contributed by atoms with Crippen molar-refractivity contribution < 1.29 is 14.0 Å². The van der Waals surface area contributed by atoms with Gasteiger partial charge in [0.25, 0.3) is 5.91 Å². The summed E-state index contributed by atoms with van der Waals surface area (Å²) in [4.78, 5) is 26.3. The van der Waals surface area contributed by atoms with E-state index in [1.165, 1.54) is 0 Å². The number of hydrogen-bond acceptors (Lipinski definition) is 5. The Balaban J connectivity index is 2.33. The van der Waals surface area contributed by atoms with Crippen molar-refractivity contribution in [2.45, 2.75) is 0 Å². The number of nitrogens with two attached hydrogens (primary N) is 1. The van der Waals surface area contributed by atoms with Gasteiger partial charge in [0, 0.05) is 0 Å². The Bertz CT molecular complexity index is 444. The molecule has 16 heavy (non-hydrogen) atoms. The van der Waals surface area contributed by atoms with Gasteiger partial charge in [0.1, 0.15) is 13.0 Å². The lowest BCUT2D eigenvalue weighted by molar-refractivity contribution is 0.0996. The third-order valence-corrected chi connectivity index (χ3v) is 2.06. The van der Waals surface area contributed by atoms with Crippen LogP contribution in [0.4, 0.5) is 15.0 Å². The highest BCUT2D eigenvalue weighted by molar-refractivity contribution is 5.98. The molecule has 8 nitrogen and oxygen atoms in total. The predicted octanol–water partition coefficient (Wildman–Crippen LogP) is -0.933. The zero-order chi connectivity index (χ0) is 11.7. The molecule has 0 radical (unpaired) electrons. The first-order valence-corrected chi connectivity index (χ1v) is 4.41. The zero-order valence-electron chi connectivity index (χ0n) is 8.11. The van der Waals surface area contributed by atoms with Gasteiger partial charge in [-0.25, -0.2) is 23.7 Å². The van der Waals surface area contributed by atoms with E-state index in [9.17, 15) is 14.0 Å². The largest absolute Gasteiger partial charge is 0.364 e. The van der Waals surface area contributed by atoms with Crippen LogP contribution in [-0.4, -0.2) is 39.7 Å². The normalized spacial score (nSPS) is 14.6. The maximum absolute atomic E-state index is 12.1. The zero-order valence-corrected chi connectivity index (χ0v) is 8.11. The number of rotatable bonds is 3. The minimum absolute atomic E-state index is 0.0549. The SMILES string of the molecule is NC(=O)c1ncn2c1NNN(CCF)C2=O. The van der Waals surface area contributed by atoms with Gasteiger partial charge in [-0.15, -0.1) is 5.53 Å². The summed E-state index contributed by atoms with van der Waals surface area (Å²) in [6, 6.07) is -0.536. The third-order valence-electron chi connectivity index (χ3n) is 2.06. The van der Waals surface area contributed by atoms with Crippen LogP contribution in [-0.2, 0) is 0 Å². The van der Waals surface area contributed by atoms with Crippen molar-refractivity contribution >= 4 is 17.8 Å². The number of nitrogens with one attached hydrogen (secondary N) is 2. The highest BCUT2D eigenvalue weighted by Gasteiger charge is 2.27. The number of imidazole rings is 1. The summed E-state index contributed by atoms with van der Waals surface area (Å²) in [7, 11) is 0. The lowest BCUT2D eigenvalue weighted by Gasteiger charge is -2.28. The van der Waals surface area contributed by atoms with Gasteiger partial charge in [-0.05, 0) is 0 Å². The molecule has 0 saturated heterocycles. The van der Waals surface area contributed by atoms with E-state index in [0.717, 1.165) is 15.9 Å². The molecule has 0 fully saturated rings. The molecule has 86 valence electrons. The highest BCUT2D eigenvalue weighted by atomic mass is 19.1. The predicted molar refractivity (Wildman–Crippen MR) is 51.0 cm³/mol. The molecule has 1 aromatic rings.